The molecule has 0 atom stereocenters. The molecule has 0 bridgehead atoms. The van der Waals surface area contributed by atoms with Crippen LogP contribution in [0.15, 0.2) is 71.6 Å². The third-order valence-corrected chi connectivity index (χ3v) is 6.94. The van der Waals surface area contributed by atoms with Gasteiger partial charge in [-0.3, -0.25) is 14.5 Å². The summed E-state index contributed by atoms with van der Waals surface area (Å²) in [6.45, 7) is 4.22. The van der Waals surface area contributed by atoms with Crippen molar-refractivity contribution in [1.29, 1.82) is 0 Å². The Kier molecular flexibility index (Phi) is 8.07. The number of aryl methyl sites for hydroxylation is 2. The third kappa shape index (κ3) is 6.13. The smallest absolute Gasteiger partial charge is 0.266 e. The SMILES string of the molecule is COc1cc(/C=C2\SC(=S)N(Cc3ccccc3)C2=O)ccc1OCC(=O)Nc1ccc(C)cc1C. The largest absolute Gasteiger partial charge is 0.493 e. The van der Waals surface area contributed by atoms with E-state index in [0.717, 1.165) is 27.9 Å². The normalized spacial score (nSPS) is 14.3. The molecule has 2 amide bonds. The molecule has 0 spiro atoms. The highest BCUT2D eigenvalue weighted by molar-refractivity contribution is 8.26. The number of carbonyl (C=O) groups is 2. The first-order chi connectivity index (χ1) is 17.3. The first-order valence-electron chi connectivity index (χ1n) is 11.3. The molecule has 0 aliphatic carbocycles. The second-order valence-electron chi connectivity index (χ2n) is 8.32. The summed E-state index contributed by atoms with van der Waals surface area (Å²) in [5.41, 5.74) is 4.64. The number of hydrogen-bond acceptors (Lipinski definition) is 6. The lowest BCUT2D eigenvalue weighted by Gasteiger charge is -2.14. The molecule has 0 aromatic heterocycles. The Morgan fingerprint density at radius 3 is 2.56 bits per heavy atom. The predicted molar refractivity (Wildman–Crippen MR) is 148 cm³/mol. The van der Waals surface area contributed by atoms with E-state index >= 15 is 0 Å². The van der Waals surface area contributed by atoms with Gasteiger partial charge in [0.2, 0.25) is 0 Å². The number of ether oxygens (including phenoxy) is 2. The highest BCUT2D eigenvalue weighted by atomic mass is 32.2. The highest BCUT2D eigenvalue weighted by Crippen LogP contribution is 2.35. The Morgan fingerprint density at radius 1 is 1.06 bits per heavy atom. The van der Waals surface area contributed by atoms with Crippen LogP contribution >= 0.6 is 24.0 Å². The number of thiocarbonyl (C=S) groups is 1. The average Bonchev–Trinajstić information content (AvgIpc) is 3.12. The summed E-state index contributed by atoms with van der Waals surface area (Å²) in [5.74, 6) is 0.497. The van der Waals surface area contributed by atoms with Crippen molar-refractivity contribution in [2.75, 3.05) is 19.0 Å². The highest BCUT2D eigenvalue weighted by Gasteiger charge is 2.32. The number of amides is 2. The van der Waals surface area contributed by atoms with Crippen molar-refractivity contribution < 1.29 is 19.1 Å². The topological polar surface area (TPSA) is 67.9 Å². The number of methoxy groups -OCH3 is 1. The van der Waals surface area contributed by atoms with E-state index < -0.39 is 0 Å². The zero-order valence-corrected chi connectivity index (χ0v) is 21.9. The summed E-state index contributed by atoms with van der Waals surface area (Å²) in [6.07, 6.45) is 1.78. The molecule has 3 aromatic rings. The van der Waals surface area contributed by atoms with Gasteiger partial charge in [0.05, 0.1) is 18.6 Å². The molecule has 1 aliphatic heterocycles. The molecule has 184 valence electrons. The summed E-state index contributed by atoms with van der Waals surface area (Å²) in [6, 6.07) is 20.9. The van der Waals surface area contributed by atoms with E-state index in [4.69, 9.17) is 21.7 Å². The fourth-order valence-corrected chi connectivity index (χ4v) is 4.99. The van der Waals surface area contributed by atoms with E-state index in [-0.39, 0.29) is 18.4 Å². The van der Waals surface area contributed by atoms with E-state index in [1.807, 2.05) is 68.4 Å². The number of nitrogens with one attached hydrogen (secondary N) is 1. The minimum absolute atomic E-state index is 0.129. The van der Waals surface area contributed by atoms with E-state index in [1.54, 1.807) is 23.1 Å². The van der Waals surface area contributed by atoms with E-state index in [9.17, 15) is 9.59 Å². The zero-order chi connectivity index (χ0) is 25.7. The Hall–Kier alpha value is -3.62. The van der Waals surface area contributed by atoms with Gasteiger partial charge in [-0.2, -0.15) is 0 Å². The number of rotatable bonds is 8. The van der Waals surface area contributed by atoms with Crippen LogP contribution in [0, 0.1) is 13.8 Å². The molecule has 1 aliphatic rings. The third-order valence-electron chi connectivity index (χ3n) is 5.56. The number of thioether (sulfide) groups is 1. The molecule has 0 unspecified atom stereocenters. The molecule has 0 radical (unpaired) electrons. The Balaban J connectivity index is 1.42. The van der Waals surface area contributed by atoms with Crippen LogP contribution in [-0.2, 0) is 16.1 Å². The zero-order valence-electron chi connectivity index (χ0n) is 20.2. The van der Waals surface area contributed by atoms with E-state index in [2.05, 4.69) is 5.32 Å². The van der Waals surface area contributed by atoms with Crippen molar-refractivity contribution >= 4 is 51.9 Å². The van der Waals surface area contributed by atoms with Gasteiger partial charge in [-0.1, -0.05) is 78.1 Å². The lowest BCUT2D eigenvalue weighted by Crippen LogP contribution is -2.27. The number of anilines is 1. The molecule has 1 saturated heterocycles. The van der Waals surface area contributed by atoms with Crippen molar-refractivity contribution in [2.24, 2.45) is 0 Å². The fraction of sp³-hybridized carbons (Fsp3) is 0.179. The maximum atomic E-state index is 13.0. The van der Waals surface area contributed by atoms with Gasteiger partial charge in [-0.25, -0.2) is 0 Å². The van der Waals surface area contributed by atoms with Crippen LogP contribution in [-0.4, -0.2) is 34.8 Å². The van der Waals surface area contributed by atoms with Crippen molar-refractivity contribution in [3.63, 3.8) is 0 Å². The van der Waals surface area contributed by atoms with E-state index in [1.165, 1.54) is 18.9 Å². The van der Waals surface area contributed by atoms with Crippen LogP contribution in [0.25, 0.3) is 6.08 Å². The second-order valence-corrected chi connectivity index (χ2v) is 9.99. The summed E-state index contributed by atoms with van der Waals surface area (Å²) < 4.78 is 11.7. The lowest BCUT2D eigenvalue weighted by molar-refractivity contribution is -0.122. The number of hydrogen-bond donors (Lipinski definition) is 1. The molecule has 0 saturated carbocycles. The van der Waals surface area contributed by atoms with Crippen LogP contribution < -0.4 is 14.8 Å². The number of nitrogens with zero attached hydrogens (tertiary/aromatic N) is 1. The summed E-state index contributed by atoms with van der Waals surface area (Å²) >= 11 is 6.72. The maximum Gasteiger partial charge on any atom is 0.266 e. The van der Waals surface area contributed by atoms with E-state index in [0.29, 0.717) is 27.3 Å². The fourth-order valence-electron chi connectivity index (χ4n) is 3.73. The summed E-state index contributed by atoms with van der Waals surface area (Å²) in [7, 11) is 1.53. The van der Waals surface area contributed by atoms with Gasteiger partial charge in [-0.15, -0.1) is 0 Å². The molecule has 4 rings (SSSR count). The van der Waals surface area contributed by atoms with Crippen LogP contribution in [0.3, 0.4) is 0 Å². The summed E-state index contributed by atoms with van der Waals surface area (Å²) in [4.78, 5) is 27.5. The molecule has 1 fully saturated rings. The predicted octanol–water partition coefficient (Wildman–Crippen LogP) is 5.73. The minimum Gasteiger partial charge on any atom is -0.493 e. The minimum atomic E-state index is -0.268. The molecule has 3 aromatic carbocycles. The quantitative estimate of drug-likeness (QED) is 0.303. The van der Waals surface area contributed by atoms with Crippen molar-refractivity contribution in [1.82, 2.24) is 4.90 Å². The Bertz CT molecular complexity index is 1340. The van der Waals surface area contributed by atoms with Crippen LogP contribution in [0.4, 0.5) is 5.69 Å². The van der Waals surface area contributed by atoms with Crippen LogP contribution in [0.1, 0.15) is 22.3 Å². The van der Waals surface area contributed by atoms with Gasteiger partial charge in [0.1, 0.15) is 4.32 Å². The maximum absolute atomic E-state index is 13.0. The van der Waals surface area contributed by atoms with Gasteiger partial charge < -0.3 is 14.8 Å². The van der Waals surface area contributed by atoms with Crippen LogP contribution in [0.5, 0.6) is 11.5 Å². The standard InChI is InChI=1S/C28H26N2O4S2/c1-18-9-11-22(19(2)13-18)29-26(31)17-34-23-12-10-21(14-24(23)33-3)15-25-27(32)30(28(35)36-25)16-20-7-5-4-6-8-20/h4-15H,16-17H2,1-3H3,(H,29,31)/b25-15-. The van der Waals surface area contributed by atoms with Crippen LogP contribution in [0.2, 0.25) is 0 Å². The van der Waals surface area contributed by atoms with Crippen molar-refractivity contribution in [2.45, 2.75) is 20.4 Å². The van der Waals surface area contributed by atoms with Gasteiger partial charge in [0.25, 0.3) is 11.8 Å². The van der Waals surface area contributed by atoms with Gasteiger partial charge >= 0.3 is 0 Å². The molecule has 1 heterocycles. The molecular formula is C28H26N2O4S2. The van der Waals surface area contributed by atoms with Gasteiger partial charge in [0, 0.05) is 5.69 Å². The lowest BCUT2D eigenvalue weighted by atomic mass is 10.1. The molecule has 8 heteroatoms. The molecule has 6 nitrogen and oxygen atoms in total. The van der Waals surface area contributed by atoms with Crippen molar-refractivity contribution in [3.05, 3.63) is 93.9 Å². The monoisotopic (exact) mass is 518 g/mol. The molecule has 36 heavy (non-hydrogen) atoms. The average molecular weight is 519 g/mol. The van der Waals surface area contributed by atoms with Crippen molar-refractivity contribution in [3.8, 4) is 11.5 Å². The van der Waals surface area contributed by atoms with Gasteiger partial charge in [-0.05, 0) is 54.8 Å². The Labute approximate surface area is 220 Å². The molecule has 1 N–H and O–H groups in total. The first-order valence-corrected chi connectivity index (χ1v) is 12.5. The molecular weight excluding hydrogens is 492 g/mol. The second kappa shape index (κ2) is 11.4. The number of benzene rings is 3. The van der Waals surface area contributed by atoms with Gasteiger partial charge in [0.15, 0.2) is 18.1 Å². The first kappa shape index (κ1) is 25.5. The Morgan fingerprint density at radius 2 is 1.83 bits per heavy atom. The number of carbonyl (C=O) groups excluding carboxylic acids is 2. The summed E-state index contributed by atoms with van der Waals surface area (Å²) in [5, 5.41) is 2.86.